The Balaban J connectivity index is 2.86. The average Bonchev–Trinajstić information content (AvgIpc) is 2.18. The van der Waals surface area contributed by atoms with Crippen LogP contribution in [0.5, 0.6) is 0 Å². The summed E-state index contributed by atoms with van der Waals surface area (Å²) in [6, 6.07) is 8.04. The van der Waals surface area contributed by atoms with Crippen molar-refractivity contribution in [3.63, 3.8) is 0 Å². The molecule has 0 spiro atoms. The minimum absolute atomic E-state index is 0.702. The molecule has 0 heterocycles. The molecule has 0 aliphatic heterocycles. The summed E-state index contributed by atoms with van der Waals surface area (Å²) in [5, 5.41) is 0. The van der Waals surface area contributed by atoms with Crippen LogP contribution < -0.4 is 10.6 Å². The molecule has 1 aromatic carbocycles. The van der Waals surface area contributed by atoms with Gasteiger partial charge in [-0.1, -0.05) is 13.0 Å². The molecule has 0 aromatic heterocycles. The van der Waals surface area contributed by atoms with Gasteiger partial charge in [-0.25, -0.2) is 4.99 Å². The Kier molecular flexibility index (Phi) is 4.16. The lowest BCUT2D eigenvalue weighted by Gasteiger charge is -2.12. The van der Waals surface area contributed by atoms with Crippen molar-refractivity contribution >= 4 is 17.2 Å². The van der Waals surface area contributed by atoms with Crippen LogP contribution in [0.2, 0.25) is 0 Å². The molecular formula is C12H19N3. The predicted molar refractivity (Wildman–Crippen MR) is 67.0 cm³/mol. The Labute approximate surface area is 91.6 Å². The summed E-state index contributed by atoms with van der Waals surface area (Å²) in [5.41, 5.74) is 7.84. The molecule has 0 saturated heterocycles. The van der Waals surface area contributed by atoms with Crippen molar-refractivity contribution in [3.05, 3.63) is 24.3 Å². The third-order valence-electron chi connectivity index (χ3n) is 2.12. The van der Waals surface area contributed by atoms with Crippen LogP contribution in [0.3, 0.4) is 0 Å². The topological polar surface area (TPSA) is 41.6 Å². The number of nitrogens with zero attached hydrogens (tertiary/aromatic N) is 2. The lowest BCUT2D eigenvalue weighted by Crippen LogP contribution is -2.10. The lowest BCUT2D eigenvalue weighted by molar-refractivity contribution is 0.983. The molecule has 0 atom stereocenters. The first-order valence-corrected chi connectivity index (χ1v) is 5.24. The molecular weight excluding hydrogens is 186 g/mol. The maximum Gasteiger partial charge on any atom is 0.0996 e. The summed E-state index contributed by atoms with van der Waals surface area (Å²) in [5.74, 6) is 0.702. The van der Waals surface area contributed by atoms with Gasteiger partial charge in [0.15, 0.2) is 0 Å². The number of hydrogen-bond donors (Lipinski definition) is 1. The van der Waals surface area contributed by atoms with Crippen molar-refractivity contribution < 1.29 is 0 Å². The van der Waals surface area contributed by atoms with Crippen LogP contribution >= 0.6 is 0 Å². The molecule has 0 bridgehead atoms. The molecule has 1 aromatic rings. The van der Waals surface area contributed by atoms with Gasteiger partial charge in [0.2, 0.25) is 0 Å². The normalized spacial score (nSPS) is 11.5. The number of amidine groups is 1. The van der Waals surface area contributed by atoms with Crippen LogP contribution in [0.1, 0.15) is 19.8 Å². The molecule has 0 radical (unpaired) electrons. The first-order valence-electron chi connectivity index (χ1n) is 5.24. The number of nitrogens with two attached hydrogens (primary N) is 1. The Bertz CT molecular complexity index is 342. The summed E-state index contributed by atoms with van der Waals surface area (Å²) in [4.78, 5) is 6.41. The highest BCUT2D eigenvalue weighted by Gasteiger charge is 1.97. The number of anilines is 1. The van der Waals surface area contributed by atoms with E-state index in [1.165, 1.54) is 0 Å². The van der Waals surface area contributed by atoms with Crippen molar-refractivity contribution in [1.29, 1.82) is 0 Å². The first-order chi connectivity index (χ1) is 7.13. The average molecular weight is 205 g/mol. The molecule has 0 saturated carbocycles. The standard InChI is InChI=1S/C12H19N3/c1-4-6-12(13)14-10-7-5-8-11(9-10)15(2)3/h5,7-9H,4,6H2,1-3H3,(H2,13,14). The smallest absolute Gasteiger partial charge is 0.0996 e. The summed E-state index contributed by atoms with van der Waals surface area (Å²) in [6.45, 7) is 2.10. The fourth-order valence-corrected chi connectivity index (χ4v) is 1.32. The Morgan fingerprint density at radius 2 is 2.13 bits per heavy atom. The van der Waals surface area contributed by atoms with Crippen LogP contribution in [-0.4, -0.2) is 19.9 Å². The predicted octanol–water partition coefficient (Wildman–Crippen LogP) is 2.54. The van der Waals surface area contributed by atoms with Gasteiger partial charge in [0, 0.05) is 26.2 Å². The van der Waals surface area contributed by atoms with E-state index in [0.717, 1.165) is 24.2 Å². The molecule has 0 aliphatic carbocycles. The van der Waals surface area contributed by atoms with Gasteiger partial charge in [-0.2, -0.15) is 0 Å². The maximum atomic E-state index is 5.78. The van der Waals surface area contributed by atoms with Gasteiger partial charge in [-0.3, -0.25) is 0 Å². The molecule has 3 heteroatoms. The molecule has 15 heavy (non-hydrogen) atoms. The molecule has 1 rings (SSSR count). The maximum absolute atomic E-state index is 5.78. The van der Waals surface area contributed by atoms with E-state index < -0.39 is 0 Å². The molecule has 0 aliphatic rings. The van der Waals surface area contributed by atoms with Gasteiger partial charge in [0.25, 0.3) is 0 Å². The van der Waals surface area contributed by atoms with Gasteiger partial charge in [-0.05, 0) is 24.6 Å². The van der Waals surface area contributed by atoms with Gasteiger partial charge >= 0.3 is 0 Å². The quantitative estimate of drug-likeness (QED) is 0.606. The monoisotopic (exact) mass is 205 g/mol. The van der Waals surface area contributed by atoms with E-state index in [-0.39, 0.29) is 0 Å². The molecule has 0 fully saturated rings. The number of rotatable bonds is 4. The second-order valence-electron chi connectivity index (χ2n) is 3.77. The molecule has 0 unspecified atom stereocenters. The molecule has 82 valence electrons. The van der Waals surface area contributed by atoms with Gasteiger partial charge in [-0.15, -0.1) is 0 Å². The fourth-order valence-electron chi connectivity index (χ4n) is 1.32. The number of aliphatic imine (C=N–C) groups is 1. The van der Waals surface area contributed by atoms with Gasteiger partial charge < -0.3 is 10.6 Å². The van der Waals surface area contributed by atoms with E-state index in [1.54, 1.807) is 0 Å². The SMILES string of the molecule is CCCC(N)=Nc1cccc(N(C)C)c1. The van der Waals surface area contributed by atoms with E-state index in [9.17, 15) is 0 Å². The minimum atomic E-state index is 0.702. The van der Waals surface area contributed by atoms with E-state index in [2.05, 4.69) is 22.9 Å². The summed E-state index contributed by atoms with van der Waals surface area (Å²) >= 11 is 0. The Morgan fingerprint density at radius 3 is 2.73 bits per heavy atom. The van der Waals surface area contributed by atoms with E-state index in [1.807, 2.05) is 32.3 Å². The van der Waals surface area contributed by atoms with Gasteiger partial charge in [0.05, 0.1) is 11.5 Å². The van der Waals surface area contributed by atoms with E-state index in [0.29, 0.717) is 5.84 Å². The molecule has 3 nitrogen and oxygen atoms in total. The van der Waals surface area contributed by atoms with Crippen molar-refractivity contribution in [2.75, 3.05) is 19.0 Å². The second kappa shape index (κ2) is 5.39. The zero-order valence-electron chi connectivity index (χ0n) is 9.70. The van der Waals surface area contributed by atoms with Crippen molar-refractivity contribution in [1.82, 2.24) is 0 Å². The van der Waals surface area contributed by atoms with E-state index >= 15 is 0 Å². The Hall–Kier alpha value is -1.51. The van der Waals surface area contributed by atoms with Crippen LogP contribution in [0.4, 0.5) is 11.4 Å². The first kappa shape index (κ1) is 11.6. The van der Waals surface area contributed by atoms with Crippen LogP contribution in [0.15, 0.2) is 29.3 Å². The molecule has 0 amide bonds. The fraction of sp³-hybridized carbons (Fsp3) is 0.417. The van der Waals surface area contributed by atoms with Crippen molar-refractivity contribution in [3.8, 4) is 0 Å². The Morgan fingerprint density at radius 1 is 1.40 bits per heavy atom. The second-order valence-corrected chi connectivity index (χ2v) is 3.77. The van der Waals surface area contributed by atoms with E-state index in [4.69, 9.17) is 5.73 Å². The van der Waals surface area contributed by atoms with Crippen LogP contribution in [0.25, 0.3) is 0 Å². The highest BCUT2D eigenvalue weighted by molar-refractivity contribution is 5.83. The number of benzene rings is 1. The van der Waals surface area contributed by atoms with Gasteiger partial charge in [0.1, 0.15) is 0 Å². The summed E-state index contributed by atoms with van der Waals surface area (Å²) < 4.78 is 0. The minimum Gasteiger partial charge on any atom is -0.387 e. The third kappa shape index (κ3) is 3.62. The zero-order valence-corrected chi connectivity index (χ0v) is 9.70. The lowest BCUT2D eigenvalue weighted by atomic mass is 10.2. The zero-order chi connectivity index (χ0) is 11.3. The third-order valence-corrected chi connectivity index (χ3v) is 2.12. The highest BCUT2D eigenvalue weighted by Crippen LogP contribution is 2.19. The number of hydrogen-bond acceptors (Lipinski definition) is 2. The van der Waals surface area contributed by atoms with Crippen molar-refractivity contribution in [2.45, 2.75) is 19.8 Å². The highest BCUT2D eigenvalue weighted by atomic mass is 15.1. The van der Waals surface area contributed by atoms with Crippen LogP contribution in [0, 0.1) is 0 Å². The van der Waals surface area contributed by atoms with Crippen LogP contribution in [-0.2, 0) is 0 Å². The summed E-state index contributed by atoms with van der Waals surface area (Å²) in [6.07, 6.45) is 1.88. The van der Waals surface area contributed by atoms with Crippen molar-refractivity contribution in [2.24, 2.45) is 10.7 Å². The summed E-state index contributed by atoms with van der Waals surface area (Å²) in [7, 11) is 4.02. The largest absolute Gasteiger partial charge is 0.387 e. The molecule has 2 N–H and O–H groups in total.